The molecule has 1 N–H and O–H groups in total. The van der Waals surface area contributed by atoms with Crippen LogP contribution >= 0.6 is 0 Å². The Morgan fingerprint density at radius 1 is 1.00 bits per heavy atom. The summed E-state index contributed by atoms with van der Waals surface area (Å²) in [6.45, 7) is 2.29. The smallest absolute Gasteiger partial charge is 0.0503 e. The summed E-state index contributed by atoms with van der Waals surface area (Å²) in [6, 6.07) is 16.9. The van der Waals surface area contributed by atoms with Gasteiger partial charge in [-0.1, -0.05) is 36.4 Å². The molecule has 2 nitrogen and oxygen atoms in total. The van der Waals surface area contributed by atoms with Crippen LogP contribution in [0.25, 0.3) is 0 Å². The minimum Gasteiger partial charge on any atom is -0.396 e. The van der Waals surface area contributed by atoms with E-state index in [0.29, 0.717) is 0 Å². The number of nitrogens with zero attached hydrogens (tertiary/aromatic N) is 1. The zero-order valence-electron chi connectivity index (χ0n) is 12.5. The molecule has 2 aromatic carbocycles. The van der Waals surface area contributed by atoms with E-state index in [9.17, 15) is 5.11 Å². The zero-order valence-corrected chi connectivity index (χ0v) is 12.5. The van der Waals surface area contributed by atoms with Crippen LogP contribution in [0.4, 0.5) is 5.69 Å². The third kappa shape index (κ3) is 3.40. The van der Waals surface area contributed by atoms with E-state index >= 15 is 0 Å². The van der Waals surface area contributed by atoms with E-state index in [1.54, 1.807) is 0 Å². The van der Waals surface area contributed by atoms with Crippen molar-refractivity contribution in [2.24, 2.45) is 0 Å². The topological polar surface area (TPSA) is 23.5 Å². The van der Waals surface area contributed by atoms with Crippen LogP contribution in [-0.4, -0.2) is 25.8 Å². The molecule has 0 aliphatic carbocycles. The molecule has 2 aromatic rings. The molecule has 20 heavy (non-hydrogen) atoms. The van der Waals surface area contributed by atoms with Gasteiger partial charge in [-0.2, -0.15) is 0 Å². The van der Waals surface area contributed by atoms with E-state index in [1.165, 1.54) is 22.4 Å². The van der Waals surface area contributed by atoms with E-state index in [2.05, 4.69) is 48.2 Å². The Bertz CT molecular complexity index is 546. The molecule has 2 heteroatoms. The van der Waals surface area contributed by atoms with Gasteiger partial charge in [0.2, 0.25) is 0 Å². The molecule has 0 fully saturated rings. The maximum Gasteiger partial charge on any atom is 0.0503 e. The van der Waals surface area contributed by atoms with Gasteiger partial charge in [0.1, 0.15) is 0 Å². The Morgan fingerprint density at radius 3 is 2.20 bits per heavy atom. The van der Waals surface area contributed by atoms with Crippen molar-refractivity contribution in [2.45, 2.75) is 19.3 Å². The predicted octanol–water partition coefficient (Wildman–Crippen LogP) is 3.38. The maximum absolute atomic E-state index is 9.70. The van der Waals surface area contributed by atoms with Crippen molar-refractivity contribution < 1.29 is 5.11 Å². The van der Waals surface area contributed by atoms with Crippen molar-refractivity contribution >= 4 is 5.69 Å². The van der Waals surface area contributed by atoms with E-state index < -0.39 is 0 Å². The molecule has 0 aliphatic rings. The number of aliphatic hydroxyl groups is 1. The third-order valence-electron chi connectivity index (χ3n) is 3.78. The molecular formula is C18H23NO. The summed E-state index contributed by atoms with van der Waals surface area (Å²) >= 11 is 0. The molecule has 2 rings (SSSR count). The Hall–Kier alpha value is -1.80. The highest BCUT2D eigenvalue weighted by Gasteiger charge is 2.13. The molecule has 0 bridgehead atoms. The van der Waals surface area contributed by atoms with E-state index in [4.69, 9.17) is 0 Å². The molecule has 0 saturated heterocycles. The first-order valence-electron chi connectivity index (χ1n) is 7.04. The first-order valence-corrected chi connectivity index (χ1v) is 7.04. The Kier molecular flexibility index (Phi) is 4.80. The van der Waals surface area contributed by atoms with Gasteiger partial charge in [0, 0.05) is 25.7 Å². The fraction of sp³-hybridized carbons (Fsp3) is 0.333. The van der Waals surface area contributed by atoms with E-state index in [-0.39, 0.29) is 12.5 Å². The fourth-order valence-electron chi connectivity index (χ4n) is 2.53. The number of benzene rings is 2. The van der Waals surface area contributed by atoms with Crippen LogP contribution in [0.2, 0.25) is 0 Å². The molecule has 0 radical (unpaired) electrons. The van der Waals surface area contributed by atoms with Gasteiger partial charge in [-0.05, 0) is 42.2 Å². The van der Waals surface area contributed by atoms with Gasteiger partial charge in [-0.3, -0.25) is 0 Å². The number of aliphatic hydroxyl groups excluding tert-OH is 1. The second-order valence-corrected chi connectivity index (χ2v) is 5.50. The molecule has 1 unspecified atom stereocenters. The zero-order chi connectivity index (χ0) is 14.5. The average Bonchev–Trinajstić information content (AvgIpc) is 2.46. The van der Waals surface area contributed by atoms with Gasteiger partial charge >= 0.3 is 0 Å². The summed E-state index contributed by atoms with van der Waals surface area (Å²) in [5.41, 5.74) is 4.95. The number of hydrogen-bond acceptors (Lipinski definition) is 2. The lowest BCUT2D eigenvalue weighted by Gasteiger charge is -2.18. The molecule has 1 atom stereocenters. The summed E-state index contributed by atoms with van der Waals surface area (Å²) in [5, 5.41) is 9.70. The highest BCUT2D eigenvalue weighted by atomic mass is 16.3. The monoisotopic (exact) mass is 269 g/mol. The summed E-state index contributed by atoms with van der Waals surface area (Å²) < 4.78 is 0. The molecule has 0 aliphatic heterocycles. The summed E-state index contributed by atoms with van der Waals surface area (Å²) in [6.07, 6.45) is 0.870. The number of aryl methyl sites for hydroxylation is 1. The molecule has 0 heterocycles. The SMILES string of the molecule is Cc1ccccc1C(CO)Cc1ccc(N(C)C)cc1. The van der Waals surface area contributed by atoms with Crippen molar-refractivity contribution in [1.82, 2.24) is 0 Å². The minimum atomic E-state index is 0.168. The van der Waals surface area contributed by atoms with Gasteiger partial charge in [0.25, 0.3) is 0 Å². The summed E-state index contributed by atoms with van der Waals surface area (Å²) in [4.78, 5) is 2.09. The largest absolute Gasteiger partial charge is 0.396 e. The fourth-order valence-corrected chi connectivity index (χ4v) is 2.53. The Balaban J connectivity index is 2.16. The van der Waals surface area contributed by atoms with Gasteiger partial charge in [0.05, 0.1) is 6.61 Å². The standard InChI is InChI=1S/C18H23NO/c1-14-6-4-5-7-18(14)16(13-20)12-15-8-10-17(11-9-15)19(2)3/h4-11,16,20H,12-13H2,1-3H3. The lowest BCUT2D eigenvalue weighted by atomic mass is 9.90. The van der Waals surface area contributed by atoms with Crippen molar-refractivity contribution in [2.75, 3.05) is 25.6 Å². The maximum atomic E-state index is 9.70. The molecule has 0 saturated carbocycles. The molecule has 106 valence electrons. The quantitative estimate of drug-likeness (QED) is 0.899. The van der Waals surface area contributed by atoms with Crippen LogP contribution in [0, 0.1) is 6.92 Å². The normalized spacial score (nSPS) is 12.2. The number of hydrogen-bond donors (Lipinski definition) is 1. The van der Waals surface area contributed by atoms with E-state index in [1.807, 2.05) is 26.2 Å². The van der Waals surface area contributed by atoms with Crippen LogP contribution in [0.15, 0.2) is 48.5 Å². The van der Waals surface area contributed by atoms with E-state index in [0.717, 1.165) is 6.42 Å². The van der Waals surface area contributed by atoms with Gasteiger partial charge in [0.15, 0.2) is 0 Å². The summed E-state index contributed by atoms with van der Waals surface area (Å²) in [7, 11) is 4.08. The molecular weight excluding hydrogens is 246 g/mol. The van der Waals surface area contributed by atoms with Crippen LogP contribution in [0.3, 0.4) is 0 Å². The highest BCUT2D eigenvalue weighted by Crippen LogP contribution is 2.24. The highest BCUT2D eigenvalue weighted by molar-refractivity contribution is 5.46. The predicted molar refractivity (Wildman–Crippen MR) is 85.5 cm³/mol. The van der Waals surface area contributed by atoms with Gasteiger partial charge in [-0.15, -0.1) is 0 Å². The van der Waals surface area contributed by atoms with Gasteiger partial charge < -0.3 is 10.0 Å². The molecule has 0 amide bonds. The molecule has 0 spiro atoms. The average molecular weight is 269 g/mol. The van der Waals surface area contributed by atoms with Crippen LogP contribution in [0.5, 0.6) is 0 Å². The summed E-state index contributed by atoms with van der Waals surface area (Å²) in [5.74, 6) is 0.168. The van der Waals surface area contributed by atoms with Crippen molar-refractivity contribution in [3.63, 3.8) is 0 Å². The Morgan fingerprint density at radius 2 is 1.65 bits per heavy atom. The second kappa shape index (κ2) is 6.58. The first-order chi connectivity index (χ1) is 9.61. The first kappa shape index (κ1) is 14.6. The lowest BCUT2D eigenvalue weighted by molar-refractivity contribution is 0.264. The van der Waals surface area contributed by atoms with Crippen molar-refractivity contribution in [3.8, 4) is 0 Å². The third-order valence-corrected chi connectivity index (χ3v) is 3.78. The number of anilines is 1. The lowest BCUT2D eigenvalue weighted by Crippen LogP contribution is -2.10. The number of rotatable bonds is 5. The van der Waals surface area contributed by atoms with Crippen LogP contribution in [0.1, 0.15) is 22.6 Å². The molecule has 0 aromatic heterocycles. The van der Waals surface area contributed by atoms with Crippen LogP contribution < -0.4 is 4.90 Å². The second-order valence-electron chi connectivity index (χ2n) is 5.50. The minimum absolute atomic E-state index is 0.168. The van der Waals surface area contributed by atoms with Crippen molar-refractivity contribution in [1.29, 1.82) is 0 Å². The van der Waals surface area contributed by atoms with Crippen LogP contribution in [-0.2, 0) is 6.42 Å². The van der Waals surface area contributed by atoms with Crippen molar-refractivity contribution in [3.05, 3.63) is 65.2 Å². The Labute approximate surface area is 121 Å². The van der Waals surface area contributed by atoms with Gasteiger partial charge in [-0.25, -0.2) is 0 Å².